The van der Waals surface area contributed by atoms with Crippen LogP contribution in [0.25, 0.3) is 16.6 Å². The van der Waals surface area contributed by atoms with Gasteiger partial charge in [-0.3, -0.25) is 0 Å². The summed E-state index contributed by atoms with van der Waals surface area (Å²) in [6.45, 7) is 2.03. The van der Waals surface area contributed by atoms with Gasteiger partial charge < -0.3 is 9.67 Å². The van der Waals surface area contributed by atoms with Crippen LogP contribution in [0.5, 0.6) is 0 Å². The number of fused-ring (bicyclic) bond motifs is 1. The van der Waals surface area contributed by atoms with E-state index in [1.807, 2.05) is 67.1 Å². The number of aryl methyl sites for hydroxylation is 2. The van der Waals surface area contributed by atoms with Crippen LogP contribution in [0.1, 0.15) is 11.4 Å². The first-order chi connectivity index (χ1) is 11.6. The van der Waals surface area contributed by atoms with Crippen molar-refractivity contribution in [1.29, 1.82) is 5.26 Å². The molecule has 1 N–H and O–H groups in total. The van der Waals surface area contributed by atoms with Crippen LogP contribution in [0.15, 0.2) is 59.2 Å². The Hall–Kier alpha value is -2.71. The van der Waals surface area contributed by atoms with Crippen molar-refractivity contribution in [3.05, 3.63) is 65.7 Å². The SMILES string of the molecule is Cc1ccc(SCC(O)=C(C#N)c2nc3ccccc3n2C)cc1. The number of nitriles is 1. The molecule has 0 bridgehead atoms. The number of aliphatic hydroxyl groups excluding tert-OH is 1. The molecular formula is C19H17N3OS. The van der Waals surface area contributed by atoms with E-state index in [4.69, 9.17) is 0 Å². The molecular weight excluding hydrogens is 318 g/mol. The van der Waals surface area contributed by atoms with E-state index in [1.54, 1.807) is 0 Å². The summed E-state index contributed by atoms with van der Waals surface area (Å²) in [4.78, 5) is 5.53. The topological polar surface area (TPSA) is 61.8 Å². The third kappa shape index (κ3) is 3.15. The van der Waals surface area contributed by atoms with E-state index in [9.17, 15) is 10.4 Å². The van der Waals surface area contributed by atoms with Crippen LogP contribution in [0.2, 0.25) is 0 Å². The number of hydrogen-bond acceptors (Lipinski definition) is 4. The molecule has 0 unspecified atom stereocenters. The number of nitrogens with zero attached hydrogens (tertiary/aromatic N) is 3. The van der Waals surface area contributed by atoms with Gasteiger partial charge in [0.25, 0.3) is 0 Å². The van der Waals surface area contributed by atoms with E-state index >= 15 is 0 Å². The smallest absolute Gasteiger partial charge is 0.155 e. The van der Waals surface area contributed by atoms with E-state index in [2.05, 4.69) is 11.1 Å². The lowest BCUT2D eigenvalue weighted by molar-refractivity contribution is 0.420. The van der Waals surface area contributed by atoms with Crippen molar-refractivity contribution in [3.63, 3.8) is 0 Å². The number of benzene rings is 2. The first kappa shape index (κ1) is 16.2. The molecule has 0 aliphatic carbocycles. The zero-order chi connectivity index (χ0) is 17.1. The van der Waals surface area contributed by atoms with Crippen LogP contribution in [0.3, 0.4) is 0 Å². The maximum atomic E-state index is 10.4. The third-order valence-electron chi connectivity index (χ3n) is 3.81. The average Bonchev–Trinajstić information content (AvgIpc) is 2.92. The van der Waals surface area contributed by atoms with E-state index in [-0.39, 0.29) is 11.3 Å². The molecule has 120 valence electrons. The van der Waals surface area contributed by atoms with E-state index in [1.165, 1.54) is 17.3 Å². The van der Waals surface area contributed by atoms with Gasteiger partial charge in [0.05, 0.1) is 16.8 Å². The van der Waals surface area contributed by atoms with Crippen molar-refractivity contribution < 1.29 is 5.11 Å². The Labute approximate surface area is 145 Å². The van der Waals surface area contributed by atoms with Crippen LogP contribution in [0, 0.1) is 18.3 Å². The molecule has 0 saturated carbocycles. The van der Waals surface area contributed by atoms with Gasteiger partial charge in [-0.05, 0) is 31.2 Å². The number of para-hydroxylation sites is 2. The Bertz CT molecular complexity index is 949. The monoisotopic (exact) mass is 335 g/mol. The minimum absolute atomic E-state index is 0.0430. The Balaban J connectivity index is 1.90. The molecule has 0 aliphatic rings. The Morgan fingerprint density at radius 1 is 1.21 bits per heavy atom. The summed E-state index contributed by atoms with van der Waals surface area (Å²) in [6, 6.07) is 17.8. The second kappa shape index (κ2) is 6.81. The van der Waals surface area contributed by atoms with Crippen molar-refractivity contribution in [2.75, 3.05) is 5.75 Å². The van der Waals surface area contributed by atoms with E-state index in [0.29, 0.717) is 11.6 Å². The molecule has 0 atom stereocenters. The summed E-state index contributed by atoms with van der Waals surface area (Å²) < 4.78 is 1.83. The summed E-state index contributed by atoms with van der Waals surface area (Å²) >= 11 is 1.49. The first-order valence-electron chi connectivity index (χ1n) is 7.53. The molecule has 24 heavy (non-hydrogen) atoms. The molecule has 5 heteroatoms. The summed E-state index contributed by atoms with van der Waals surface area (Å²) in [6.07, 6.45) is 0. The van der Waals surface area contributed by atoms with E-state index < -0.39 is 0 Å². The molecule has 0 spiro atoms. The fourth-order valence-electron chi connectivity index (χ4n) is 2.47. The number of imidazole rings is 1. The zero-order valence-corrected chi connectivity index (χ0v) is 14.3. The van der Waals surface area contributed by atoms with Gasteiger partial charge in [0.1, 0.15) is 17.4 Å². The summed E-state index contributed by atoms with van der Waals surface area (Å²) in [5, 5.41) is 19.9. The molecule has 0 aliphatic heterocycles. The maximum absolute atomic E-state index is 10.4. The average molecular weight is 335 g/mol. The van der Waals surface area contributed by atoms with E-state index in [0.717, 1.165) is 15.9 Å². The normalized spacial score (nSPS) is 12.0. The Morgan fingerprint density at radius 3 is 2.58 bits per heavy atom. The highest BCUT2D eigenvalue weighted by Gasteiger charge is 2.16. The number of aliphatic hydroxyl groups is 1. The number of rotatable bonds is 4. The minimum atomic E-state index is 0.0430. The largest absolute Gasteiger partial charge is 0.510 e. The maximum Gasteiger partial charge on any atom is 0.155 e. The van der Waals surface area contributed by atoms with Gasteiger partial charge in [0, 0.05) is 11.9 Å². The van der Waals surface area contributed by atoms with Crippen LogP contribution in [0.4, 0.5) is 0 Å². The Kier molecular flexibility index (Phi) is 4.59. The summed E-state index contributed by atoms with van der Waals surface area (Å²) in [5.41, 5.74) is 3.14. The molecule has 0 radical (unpaired) electrons. The molecule has 3 aromatic rings. The zero-order valence-electron chi connectivity index (χ0n) is 13.5. The predicted molar refractivity (Wildman–Crippen MR) is 97.8 cm³/mol. The lowest BCUT2D eigenvalue weighted by atomic mass is 10.2. The molecule has 2 aromatic carbocycles. The van der Waals surface area contributed by atoms with Crippen molar-refractivity contribution in [3.8, 4) is 6.07 Å². The predicted octanol–water partition coefficient (Wildman–Crippen LogP) is 4.47. The Morgan fingerprint density at radius 2 is 1.92 bits per heavy atom. The van der Waals surface area contributed by atoms with Crippen molar-refractivity contribution in [2.45, 2.75) is 11.8 Å². The quantitative estimate of drug-likeness (QED) is 0.434. The molecule has 0 fully saturated rings. The lowest BCUT2D eigenvalue weighted by Crippen LogP contribution is -2.00. The van der Waals surface area contributed by atoms with Gasteiger partial charge in [-0.25, -0.2) is 4.98 Å². The highest BCUT2D eigenvalue weighted by molar-refractivity contribution is 7.99. The second-order valence-electron chi connectivity index (χ2n) is 5.52. The fourth-order valence-corrected chi connectivity index (χ4v) is 3.25. The van der Waals surface area contributed by atoms with Crippen LogP contribution in [-0.2, 0) is 7.05 Å². The van der Waals surface area contributed by atoms with Gasteiger partial charge in [0.15, 0.2) is 5.82 Å². The van der Waals surface area contributed by atoms with Gasteiger partial charge in [-0.1, -0.05) is 29.8 Å². The number of allylic oxidation sites excluding steroid dienone is 1. The summed E-state index contributed by atoms with van der Waals surface area (Å²) in [7, 11) is 1.85. The molecule has 0 amide bonds. The fraction of sp³-hybridized carbons (Fsp3) is 0.158. The highest BCUT2D eigenvalue weighted by Crippen LogP contribution is 2.26. The highest BCUT2D eigenvalue weighted by atomic mass is 32.2. The molecule has 4 nitrogen and oxygen atoms in total. The number of hydrogen-bond donors (Lipinski definition) is 1. The first-order valence-corrected chi connectivity index (χ1v) is 8.52. The molecule has 1 heterocycles. The van der Waals surface area contributed by atoms with Gasteiger partial charge in [-0.15, -0.1) is 11.8 Å². The van der Waals surface area contributed by atoms with Gasteiger partial charge in [0.2, 0.25) is 0 Å². The molecule has 1 aromatic heterocycles. The third-order valence-corrected chi connectivity index (χ3v) is 4.83. The number of thioether (sulfide) groups is 1. The lowest BCUT2D eigenvalue weighted by Gasteiger charge is -2.06. The van der Waals surface area contributed by atoms with Crippen LogP contribution in [-0.4, -0.2) is 20.4 Å². The number of aromatic nitrogens is 2. The second-order valence-corrected chi connectivity index (χ2v) is 6.57. The summed E-state index contributed by atoms with van der Waals surface area (Å²) in [5.74, 6) is 0.858. The van der Waals surface area contributed by atoms with Gasteiger partial charge >= 0.3 is 0 Å². The molecule has 3 rings (SSSR count). The standard InChI is InChI=1S/C19H17N3OS/c1-13-7-9-14(10-8-13)24-12-18(23)15(11-20)19-21-16-5-3-4-6-17(16)22(19)2/h3-10,23H,12H2,1-2H3. The molecule has 0 saturated heterocycles. The van der Waals surface area contributed by atoms with Gasteiger partial charge in [-0.2, -0.15) is 5.26 Å². The van der Waals surface area contributed by atoms with Crippen molar-refractivity contribution >= 4 is 28.4 Å². The van der Waals surface area contributed by atoms with Crippen LogP contribution < -0.4 is 0 Å². The van der Waals surface area contributed by atoms with Crippen molar-refractivity contribution in [2.24, 2.45) is 7.05 Å². The minimum Gasteiger partial charge on any atom is -0.510 e. The van der Waals surface area contributed by atoms with Crippen LogP contribution >= 0.6 is 11.8 Å². The van der Waals surface area contributed by atoms with Crippen molar-refractivity contribution in [1.82, 2.24) is 9.55 Å².